The lowest BCUT2D eigenvalue weighted by atomic mass is 10.0. The van der Waals surface area contributed by atoms with Gasteiger partial charge in [-0.05, 0) is 82.2 Å². The zero-order chi connectivity index (χ0) is 29.3. The fourth-order valence-electron chi connectivity index (χ4n) is 5.41. The molecule has 10 nitrogen and oxygen atoms in total. The number of carbonyl (C=O) groups is 1. The van der Waals surface area contributed by atoms with Gasteiger partial charge in [-0.2, -0.15) is 0 Å². The molecular weight excluding hydrogens is 528 g/mol. The zero-order valence-electron chi connectivity index (χ0n) is 24.1. The summed E-state index contributed by atoms with van der Waals surface area (Å²) in [7, 11) is 2.15. The maximum absolute atomic E-state index is 12.9. The highest BCUT2D eigenvalue weighted by atomic mass is 16.5. The van der Waals surface area contributed by atoms with Gasteiger partial charge < -0.3 is 30.9 Å². The molecule has 1 amide bonds. The van der Waals surface area contributed by atoms with Gasteiger partial charge in [0.1, 0.15) is 29.5 Å². The molecule has 220 valence electrons. The average molecular weight is 569 g/mol. The van der Waals surface area contributed by atoms with Crippen LogP contribution in [0, 0.1) is 5.41 Å². The molecule has 2 aliphatic rings. The number of ether oxygens (including phenoxy) is 1. The second-order valence-corrected chi connectivity index (χ2v) is 11.0. The van der Waals surface area contributed by atoms with Crippen LogP contribution >= 0.6 is 0 Å². The molecule has 0 saturated carbocycles. The molecule has 0 aliphatic carbocycles. The predicted molar refractivity (Wildman–Crippen MR) is 166 cm³/mol. The fourth-order valence-corrected chi connectivity index (χ4v) is 5.41. The predicted octanol–water partition coefficient (Wildman–Crippen LogP) is 3.91. The number of hydrogen-bond acceptors (Lipinski definition) is 9. The Morgan fingerprint density at radius 1 is 1.02 bits per heavy atom. The van der Waals surface area contributed by atoms with Gasteiger partial charge in [-0.3, -0.25) is 10.2 Å². The van der Waals surface area contributed by atoms with Crippen LogP contribution in [0.3, 0.4) is 0 Å². The van der Waals surface area contributed by atoms with E-state index in [2.05, 4.69) is 32.5 Å². The van der Waals surface area contributed by atoms with E-state index in [0.717, 1.165) is 51.1 Å². The average Bonchev–Trinajstić information content (AvgIpc) is 3.01. The monoisotopic (exact) mass is 568 g/mol. The molecule has 5 N–H and O–H groups in total. The third kappa shape index (κ3) is 7.71. The summed E-state index contributed by atoms with van der Waals surface area (Å²) in [5, 5.41) is 15.9. The Morgan fingerprint density at radius 2 is 1.76 bits per heavy atom. The van der Waals surface area contributed by atoms with Crippen LogP contribution in [-0.4, -0.2) is 83.2 Å². The zero-order valence-corrected chi connectivity index (χ0v) is 24.1. The fraction of sp³-hybridized carbons (Fsp3) is 0.375. The Bertz CT molecular complexity index is 1370. The van der Waals surface area contributed by atoms with Gasteiger partial charge in [-0.25, -0.2) is 9.97 Å². The second-order valence-electron chi connectivity index (χ2n) is 11.0. The van der Waals surface area contributed by atoms with Crippen molar-refractivity contribution in [1.82, 2.24) is 25.1 Å². The summed E-state index contributed by atoms with van der Waals surface area (Å²) < 4.78 is 5.88. The Hall–Kier alpha value is -4.28. The van der Waals surface area contributed by atoms with Crippen molar-refractivity contribution in [2.24, 2.45) is 0 Å². The van der Waals surface area contributed by atoms with Crippen LogP contribution in [0.5, 0.6) is 11.5 Å². The first-order chi connectivity index (χ1) is 20.5. The smallest absolute Gasteiger partial charge is 0.246 e. The summed E-state index contributed by atoms with van der Waals surface area (Å²) in [5.41, 5.74) is 7.58. The van der Waals surface area contributed by atoms with Gasteiger partial charge in [0.25, 0.3) is 0 Å². The quantitative estimate of drug-likeness (QED) is 0.214. The van der Waals surface area contributed by atoms with Gasteiger partial charge in [0, 0.05) is 43.4 Å². The third-order valence-corrected chi connectivity index (χ3v) is 7.83. The molecule has 1 unspecified atom stereocenters. The highest BCUT2D eigenvalue weighted by molar-refractivity contribution is 6.16. The summed E-state index contributed by atoms with van der Waals surface area (Å²) in [6, 6.07) is 17.3. The lowest BCUT2D eigenvalue weighted by molar-refractivity contribution is -0.127. The molecule has 1 aromatic heterocycles. The maximum atomic E-state index is 12.9. The van der Waals surface area contributed by atoms with E-state index in [1.165, 1.54) is 6.33 Å². The van der Waals surface area contributed by atoms with Crippen molar-refractivity contribution in [3.05, 3.63) is 84.2 Å². The number of para-hydroxylation sites is 1. The van der Waals surface area contributed by atoms with Gasteiger partial charge in [-0.1, -0.05) is 24.3 Å². The van der Waals surface area contributed by atoms with E-state index in [0.29, 0.717) is 41.8 Å². The molecule has 2 aliphatic heterocycles. The highest BCUT2D eigenvalue weighted by Crippen LogP contribution is 2.26. The summed E-state index contributed by atoms with van der Waals surface area (Å²) in [5.74, 6) is 2.15. The molecule has 3 heterocycles. The summed E-state index contributed by atoms with van der Waals surface area (Å²) in [6.45, 7) is 4.18. The van der Waals surface area contributed by atoms with Crippen LogP contribution in [-0.2, 0) is 4.79 Å². The van der Waals surface area contributed by atoms with Crippen molar-refractivity contribution < 1.29 is 9.53 Å². The van der Waals surface area contributed by atoms with E-state index >= 15 is 0 Å². The minimum atomic E-state index is -0.0176. The van der Waals surface area contributed by atoms with E-state index in [4.69, 9.17) is 15.9 Å². The van der Waals surface area contributed by atoms with Gasteiger partial charge in [0.15, 0.2) is 0 Å². The van der Waals surface area contributed by atoms with Crippen LogP contribution in [0.2, 0.25) is 0 Å². The summed E-state index contributed by atoms with van der Waals surface area (Å²) in [4.78, 5) is 25.7. The number of nitrogen functional groups attached to an aromatic ring is 1. The van der Waals surface area contributed by atoms with Crippen molar-refractivity contribution in [1.29, 1.82) is 5.41 Å². The van der Waals surface area contributed by atoms with E-state index in [1.54, 1.807) is 6.08 Å². The number of hydrogen-bond donors (Lipinski definition) is 4. The number of anilines is 2. The number of nitrogens with one attached hydrogen (secondary N) is 3. The SMILES string of the molecule is CN1CCC(NC/C=C/C(=O)N2CCCC(Nc3ncnc(N)c3C(=N)c3ccc(Oc4ccccc4)cc3)C2)CC1. The summed E-state index contributed by atoms with van der Waals surface area (Å²) in [6.07, 6.45) is 9.04. The molecule has 5 rings (SSSR count). The molecule has 42 heavy (non-hydrogen) atoms. The molecule has 0 spiro atoms. The normalized spacial score (nSPS) is 18.2. The number of nitrogens with two attached hydrogens (primary N) is 1. The summed E-state index contributed by atoms with van der Waals surface area (Å²) >= 11 is 0. The molecule has 2 saturated heterocycles. The Kier molecular flexibility index (Phi) is 9.78. The topological polar surface area (TPSA) is 132 Å². The Balaban J connectivity index is 1.18. The number of aromatic nitrogens is 2. The Morgan fingerprint density at radius 3 is 2.52 bits per heavy atom. The van der Waals surface area contributed by atoms with E-state index in [-0.39, 0.29) is 23.5 Å². The molecule has 2 fully saturated rings. The highest BCUT2D eigenvalue weighted by Gasteiger charge is 2.25. The molecule has 3 aromatic rings. The van der Waals surface area contributed by atoms with Crippen molar-refractivity contribution >= 4 is 23.3 Å². The van der Waals surface area contributed by atoms with Gasteiger partial charge in [0.05, 0.1) is 11.3 Å². The maximum Gasteiger partial charge on any atom is 0.246 e. The van der Waals surface area contributed by atoms with Crippen LogP contribution in [0.25, 0.3) is 0 Å². The number of nitrogens with zero attached hydrogens (tertiary/aromatic N) is 4. The van der Waals surface area contributed by atoms with Crippen LogP contribution in [0.4, 0.5) is 11.6 Å². The molecule has 10 heteroatoms. The standard InChI is InChI=1S/C32H40N8O2/c1-39-19-15-24(16-20-39)35-17-5-10-28(41)40-18-6-7-25(21-40)38-32-29(31(34)36-22-37-32)30(33)23-11-13-27(14-12-23)42-26-8-3-2-4-9-26/h2-5,8-14,22,24-25,33,35H,6-7,15-21H2,1H3,(H3,34,36,37,38)/b10-5+,33-30?. The lowest BCUT2D eigenvalue weighted by Gasteiger charge is -2.33. The number of amides is 1. The second kappa shape index (κ2) is 14.1. The molecular formula is C32H40N8O2. The van der Waals surface area contributed by atoms with E-state index in [1.807, 2.05) is 65.6 Å². The van der Waals surface area contributed by atoms with Crippen LogP contribution in [0.1, 0.15) is 36.8 Å². The molecule has 0 bridgehead atoms. The molecule has 0 radical (unpaired) electrons. The number of likely N-dealkylation sites (tertiary alicyclic amines) is 2. The van der Waals surface area contributed by atoms with Crippen LogP contribution < -0.4 is 21.1 Å². The minimum Gasteiger partial charge on any atom is -0.457 e. The molecule has 1 atom stereocenters. The first-order valence-corrected chi connectivity index (χ1v) is 14.6. The Labute approximate surface area is 247 Å². The van der Waals surface area contributed by atoms with E-state index < -0.39 is 0 Å². The van der Waals surface area contributed by atoms with Crippen molar-refractivity contribution in [2.75, 3.05) is 50.8 Å². The lowest BCUT2D eigenvalue weighted by Crippen LogP contribution is -2.45. The van der Waals surface area contributed by atoms with Crippen molar-refractivity contribution in [3.63, 3.8) is 0 Å². The van der Waals surface area contributed by atoms with Crippen molar-refractivity contribution in [2.45, 2.75) is 37.8 Å². The van der Waals surface area contributed by atoms with Crippen LogP contribution in [0.15, 0.2) is 73.1 Å². The number of rotatable bonds is 10. The first kappa shape index (κ1) is 29.2. The third-order valence-electron chi connectivity index (χ3n) is 7.83. The first-order valence-electron chi connectivity index (χ1n) is 14.6. The van der Waals surface area contributed by atoms with E-state index in [9.17, 15) is 4.79 Å². The number of carbonyl (C=O) groups excluding carboxylic acids is 1. The van der Waals surface area contributed by atoms with Crippen molar-refractivity contribution in [3.8, 4) is 11.5 Å². The number of benzene rings is 2. The van der Waals surface area contributed by atoms with Gasteiger partial charge in [0.2, 0.25) is 5.91 Å². The van der Waals surface area contributed by atoms with Gasteiger partial charge >= 0.3 is 0 Å². The molecule has 2 aromatic carbocycles. The largest absolute Gasteiger partial charge is 0.457 e. The minimum absolute atomic E-state index is 0.0136. The number of piperidine rings is 2. The van der Waals surface area contributed by atoms with Gasteiger partial charge in [-0.15, -0.1) is 0 Å².